The Balaban J connectivity index is 3.98. The lowest BCUT2D eigenvalue weighted by Crippen LogP contribution is -2.45. The highest BCUT2D eigenvalue weighted by Gasteiger charge is 2.14. The second-order valence-electron chi connectivity index (χ2n) is 5.22. The molecule has 0 aromatic rings. The molecule has 0 aliphatic carbocycles. The van der Waals surface area contributed by atoms with E-state index in [1.165, 1.54) is 4.90 Å². The maximum atomic E-state index is 11.7. The quantitative estimate of drug-likeness (QED) is 0.697. The maximum Gasteiger partial charge on any atom is 0.317 e. The predicted octanol–water partition coefficient (Wildman–Crippen LogP) is 1.22. The number of carbonyl (C=O) groups excluding carboxylic acids is 1. The number of hydrogen-bond donors (Lipinski definition) is 2. The largest absolute Gasteiger partial charge is 0.481 e. The summed E-state index contributed by atoms with van der Waals surface area (Å²) >= 11 is 0. The van der Waals surface area contributed by atoms with Crippen molar-refractivity contribution in [3.63, 3.8) is 0 Å². The molecule has 19 heavy (non-hydrogen) atoms. The third-order valence-corrected chi connectivity index (χ3v) is 2.98. The molecular weight excluding hydrogens is 246 g/mol. The van der Waals surface area contributed by atoms with E-state index in [0.717, 1.165) is 6.54 Å². The van der Waals surface area contributed by atoms with E-state index in [0.29, 0.717) is 18.6 Å². The molecule has 6 nitrogen and oxygen atoms in total. The lowest BCUT2D eigenvalue weighted by molar-refractivity contribution is -0.137. The summed E-state index contributed by atoms with van der Waals surface area (Å²) in [5.74, 6) is -0.898. The van der Waals surface area contributed by atoms with E-state index in [-0.39, 0.29) is 19.0 Å². The zero-order chi connectivity index (χ0) is 15.0. The van der Waals surface area contributed by atoms with Gasteiger partial charge in [0.2, 0.25) is 0 Å². The molecule has 0 saturated carbocycles. The molecule has 0 saturated heterocycles. The highest BCUT2D eigenvalue weighted by atomic mass is 16.4. The van der Waals surface area contributed by atoms with Crippen LogP contribution in [0.15, 0.2) is 0 Å². The summed E-state index contributed by atoms with van der Waals surface area (Å²) in [6.07, 6.45) is -0.0337. The van der Waals surface area contributed by atoms with E-state index in [1.54, 1.807) is 7.05 Å². The summed E-state index contributed by atoms with van der Waals surface area (Å²) in [6.45, 7) is 10.1. The van der Waals surface area contributed by atoms with E-state index < -0.39 is 5.97 Å². The van der Waals surface area contributed by atoms with Gasteiger partial charge >= 0.3 is 12.0 Å². The minimum atomic E-state index is -0.898. The van der Waals surface area contributed by atoms with Gasteiger partial charge in [0.05, 0.1) is 6.42 Å². The third kappa shape index (κ3) is 7.66. The molecule has 0 atom stereocenters. The number of carboxylic acid groups (broad SMARTS) is 1. The smallest absolute Gasteiger partial charge is 0.317 e. The van der Waals surface area contributed by atoms with Crippen molar-refractivity contribution in [2.45, 2.75) is 46.2 Å². The number of carbonyl (C=O) groups is 2. The van der Waals surface area contributed by atoms with Crippen molar-refractivity contribution in [1.82, 2.24) is 15.1 Å². The van der Waals surface area contributed by atoms with Crippen LogP contribution in [0.4, 0.5) is 4.79 Å². The Hall–Kier alpha value is -1.30. The first-order valence-electron chi connectivity index (χ1n) is 6.72. The Morgan fingerprint density at radius 1 is 1.11 bits per heavy atom. The van der Waals surface area contributed by atoms with Crippen molar-refractivity contribution in [2.24, 2.45) is 0 Å². The molecule has 0 spiro atoms. The minimum Gasteiger partial charge on any atom is -0.481 e. The molecule has 0 aromatic heterocycles. The first-order chi connectivity index (χ1) is 8.75. The first kappa shape index (κ1) is 17.7. The average molecular weight is 273 g/mol. The van der Waals surface area contributed by atoms with Gasteiger partial charge in [-0.1, -0.05) is 0 Å². The van der Waals surface area contributed by atoms with Crippen LogP contribution in [-0.4, -0.2) is 65.7 Å². The van der Waals surface area contributed by atoms with E-state index in [1.807, 2.05) is 0 Å². The van der Waals surface area contributed by atoms with E-state index in [2.05, 4.69) is 37.9 Å². The highest BCUT2D eigenvalue weighted by Crippen LogP contribution is 2.03. The predicted molar refractivity (Wildman–Crippen MR) is 75.3 cm³/mol. The molecule has 0 radical (unpaired) electrons. The zero-order valence-corrected chi connectivity index (χ0v) is 12.6. The lowest BCUT2D eigenvalue weighted by Gasteiger charge is -2.30. The van der Waals surface area contributed by atoms with Gasteiger partial charge in [0.1, 0.15) is 0 Å². The Morgan fingerprint density at radius 2 is 1.63 bits per heavy atom. The number of amides is 2. The maximum absolute atomic E-state index is 11.7. The number of rotatable bonds is 8. The van der Waals surface area contributed by atoms with Gasteiger partial charge in [0.25, 0.3) is 0 Å². The second kappa shape index (κ2) is 8.74. The number of hydrogen-bond acceptors (Lipinski definition) is 3. The van der Waals surface area contributed by atoms with Gasteiger partial charge < -0.3 is 15.3 Å². The molecule has 0 unspecified atom stereocenters. The van der Waals surface area contributed by atoms with E-state index in [4.69, 9.17) is 5.11 Å². The zero-order valence-electron chi connectivity index (χ0n) is 12.6. The van der Waals surface area contributed by atoms with Gasteiger partial charge in [-0.15, -0.1) is 0 Å². The number of nitrogens with zero attached hydrogens (tertiary/aromatic N) is 2. The van der Waals surface area contributed by atoms with Crippen LogP contribution in [0.1, 0.15) is 34.1 Å². The van der Waals surface area contributed by atoms with Crippen LogP contribution in [-0.2, 0) is 4.79 Å². The average Bonchev–Trinajstić information content (AvgIpc) is 2.29. The molecule has 0 heterocycles. The number of urea groups is 1. The summed E-state index contributed by atoms with van der Waals surface area (Å²) in [5, 5.41) is 11.3. The Kier molecular flexibility index (Phi) is 8.14. The molecular formula is C13H27N3O3. The summed E-state index contributed by atoms with van der Waals surface area (Å²) < 4.78 is 0. The van der Waals surface area contributed by atoms with Crippen LogP contribution < -0.4 is 5.32 Å². The Bertz CT molecular complexity index is 285. The standard InChI is InChI=1S/C13H27N3O3/c1-10(2)16(11(3)4)9-7-14-13(19)15(5)8-6-12(17)18/h10-11H,6-9H2,1-5H3,(H,14,19)(H,17,18). The normalized spacial score (nSPS) is 11.2. The molecule has 0 bridgehead atoms. The van der Waals surface area contributed by atoms with Crippen molar-refractivity contribution in [3.05, 3.63) is 0 Å². The fourth-order valence-electron chi connectivity index (χ4n) is 1.90. The van der Waals surface area contributed by atoms with Crippen molar-refractivity contribution >= 4 is 12.0 Å². The molecule has 6 heteroatoms. The summed E-state index contributed by atoms with van der Waals surface area (Å²) in [7, 11) is 1.60. The monoisotopic (exact) mass is 273 g/mol. The van der Waals surface area contributed by atoms with Crippen molar-refractivity contribution in [3.8, 4) is 0 Å². The molecule has 2 N–H and O–H groups in total. The van der Waals surface area contributed by atoms with E-state index >= 15 is 0 Å². The topological polar surface area (TPSA) is 72.9 Å². The Morgan fingerprint density at radius 3 is 2.05 bits per heavy atom. The fraction of sp³-hybridized carbons (Fsp3) is 0.846. The van der Waals surface area contributed by atoms with Gasteiger partial charge in [0, 0.05) is 38.8 Å². The SMILES string of the molecule is CC(C)N(CCNC(=O)N(C)CCC(=O)O)C(C)C. The van der Waals surface area contributed by atoms with Crippen LogP contribution in [0, 0.1) is 0 Å². The van der Waals surface area contributed by atoms with Crippen LogP contribution in [0.3, 0.4) is 0 Å². The van der Waals surface area contributed by atoms with Crippen molar-refractivity contribution < 1.29 is 14.7 Å². The van der Waals surface area contributed by atoms with Crippen molar-refractivity contribution in [2.75, 3.05) is 26.7 Å². The van der Waals surface area contributed by atoms with Gasteiger partial charge in [-0.3, -0.25) is 9.69 Å². The molecule has 112 valence electrons. The summed E-state index contributed by atoms with van der Waals surface area (Å²) in [4.78, 5) is 25.8. The number of aliphatic carboxylic acids is 1. The molecule has 0 aromatic carbocycles. The van der Waals surface area contributed by atoms with Gasteiger partial charge in [0.15, 0.2) is 0 Å². The van der Waals surface area contributed by atoms with Gasteiger partial charge in [-0.2, -0.15) is 0 Å². The molecule has 0 aliphatic rings. The Labute approximate surface area is 115 Å². The van der Waals surface area contributed by atoms with Crippen LogP contribution in [0.2, 0.25) is 0 Å². The summed E-state index contributed by atoms with van der Waals surface area (Å²) in [5.41, 5.74) is 0. The number of nitrogens with one attached hydrogen (secondary N) is 1. The van der Waals surface area contributed by atoms with Crippen LogP contribution >= 0.6 is 0 Å². The van der Waals surface area contributed by atoms with Crippen LogP contribution in [0.5, 0.6) is 0 Å². The molecule has 2 amide bonds. The highest BCUT2D eigenvalue weighted by molar-refractivity contribution is 5.74. The summed E-state index contributed by atoms with van der Waals surface area (Å²) in [6, 6.07) is 0.636. The molecule has 0 aliphatic heterocycles. The minimum absolute atomic E-state index is 0.0337. The van der Waals surface area contributed by atoms with Crippen molar-refractivity contribution in [1.29, 1.82) is 0 Å². The lowest BCUT2D eigenvalue weighted by atomic mass is 10.2. The van der Waals surface area contributed by atoms with Gasteiger partial charge in [-0.25, -0.2) is 4.79 Å². The number of carboxylic acids is 1. The van der Waals surface area contributed by atoms with Gasteiger partial charge in [-0.05, 0) is 27.7 Å². The fourth-order valence-corrected chi connectivity index (χ4v) is 1.90. The van der Waals surface area contributed by atoms with E-state index in [9.17, 15) is 9.59 Å². The second-order valence-corrected chi connectivity index (χ2v) is 5.22. The third-order valence-electron chi connectivity index (χ3n) is 2.98. The molecule has 0 fully saturated rings. The van der Waals surface area contributed by atoms with Crippen LogP contribution in [0.25, 0.3) is 0 Å². The molecule has 0 rings (SSSR count). The first-order valence-corrected chi connectivity index (χ1v) is 6.72.